The Morgan fingerprint density at radius 3 is 2.67 bits per heavy atom. The molecule has 7 nitrogen and oxygen atoms in total. The van der Waals surface area contributed by atoms with Crippen LogP contribution in [0.2, 0.25) is 0 Å². The van der Waals surface area contributed by atoms with Crippen LogP contribution >= 0.6 is 11.3 Å². The molecule has 1 heterocycles. The van der Waals surface area contributed by atoms with Gasteiger partial charge in [0, 0.05) is 0 Å². The molecule has 96 valence electrons. The van der Waals surface area contributed by atoms with Gasteiger partial charge in [0.15, 0.2) is 0 Å². The minimum atomic E-state index is -3.79. The molecule has 9 heteroatoms. The summed E-state index contributed by atoms with van der Waals surface area (Å²) in [5.41, 5.74) is 5.68. The third kappa shape index (κ3) is 2.51. The standard InChI is InChI=1S/C9H10N4O3S2/c1-16-7-5-3-2-4-6(7)13-18(14,15)9-12-11-8(10)17-9/h2-5,13H,1H3,(H2,10,11). The second kappa shape index (κ2) is 4.78. The number of aromatic nitrogens is 2. The molecule has 0 saturated heterocycles. The number of benzene rings is 1. The third-order valence-corrected chi connectivity index (χ3v) is 4.49. The van der Waals surface area contributed by atoms with Gasteiger partial charge in [-0.3, -0.25) is 4.72 Å². The van der Waals surface area contributed by atoms with Gasteiger partial charge >= 0.3 is 0 Å². The van der Waals surface area contributed by atoms with Crippen molar-refractivity contribution >= 4 is 32.2 Å². The minimum Gasteiger partial charge on any atom is -0.495 e. The molecule has 0 bridgehead atoms. The lowest BCUT2D eigenvalue weighted by Gasteiger charge is -2.09. The van der Waals surface area contributed by atoms with Gasteiger partial charge in [0.25, 0.3) is 14.4 Å². The van der Waals surface area contributed by atoms with Crippen LogP contribution in [0.4, 0.5) is 10.8 Å². The molecule has 1 aromatic heterocycles. The molecule has 0 spiro atoms. The summed E-state index contributed by atoms with van der Waals surface area (Å²) in [6.07, 6.45) is 0. The first-order chi connectivity index (χ1) is 8.53. The maximum atomic E-state index is 12.0. The number of anilines is 2. The summed E-state index contributed by atoms with van der Waals surface area (Å²) in [5, 5.41) is 7.05. The fourth-order valence-corrected chi connectivity index (χ4v) is 3.10. The number of hydrogen-bond acceptors (Lipinski definition) is 7. The van der Waals surface area contributed by atoms with E-state index in [1.165, 1.54) is 7.11 Å². The van der Waals surface area contributed by atoms with E-state index in [4.69, 9.17) is 10.5 Å². The van der Waals surface area contributed by atoms with Gasteiger partial charge < -0.3 is 10.5 Å². The highest BCUT2D eigenvalue weighted by atomic mass is 32.2. The lowest BCUT2D eigenvalue weighted by Crippen LogP contribution is -2.13. The molecule has 3 N–H and O–H groups in total. The lowest BCUT2D eigenvalue weighted by atomic mass is 10.3. The highest BCUT2D eigenvalue weighted by Gasteiger charge is 2.20. The first kappa shape index (κ1) is 12.6. The van der Waals surface area contributed by atoms with Gasteiger partial charge in [-0.1, -0.05) is 23.5 Å². The van der Waals surface area contributed by atoms with Crippen molar-refractivity contribution in [2.45, 2.75) is 4.34 Å². The Morgan fingerprint density at radius 1 is 1.33 bits per heavy atom. The third-order valence-electron chi connectivity index (χ3n) is 2.00. The summed E-state index contributed by atoms with van der Waals surface area (Å²) in [5.74, 6) is 0.415. The van der Waals surface area contributed by atoms with Gasteiger partial charge in [-0.15, -0.1) is 10.2 Å². The van der Waals surface area contributed by atoms with Crippen LogP contribution in [0.15, 0.2) is 28.6 Å². The summed E-state index contributed by atoms with van der Waals surface area (Å²) in [6.45, 7) is 0. The number of para-hydroxylation sites is 2. The highest BCUT2D eigenvalue weighted by Crippen LogP contribution is 2.27. The van der Waals surface area contributed by atoms with Gasteiger partial charge in [0.05, 0.1) is 12.8 Å². The van der Waals surface area contributed by atoms with Crippen molar-refractivity contribution in [3.63, 3.8) is 0 Å². The smallest absolute Gasteiger partial charge is 0.291 e. The average Bonchev–Trinajstić information content (AvgIpc) is 2.77. The summed E-state index contributed by atoms with van der Waals surface area (Å²) in [4.78, 5) is 0. The van der Waals surface area contributed by atoms with E-state index >= 15 is 0 Å². The van der Waals surface area contributed by atoms with Crippen LogP contribution in [0.25, 0.3) is 0 Å². The molecular weight excluding hydrogens is 276 g/mol. The topological polar surface area (TPSA) is 107 Å². The number of nitrogens with one attached hydrogen (secondary N) is 1. The van der Waals surface area contributed by atoms with Crippen molar-refractivity contribution in [1.82, 2.24) is 10.2 Å². The zero-order chi connectivity index (χ0) is 13.2. The Balaban J connectivity index is 2.33. The molecule has 0 fully saturated rings. The zero-order valence-electron chi connectivity index (χ0n) is 9.32. The molecular formula is C9H10N4O3S2. The SMILES string of the molecule is COc1ccccc1NS(=O)(=O)c1nnc(N)s1. The molecule has 0 unspecified atom stereocenters. The largest absolute Gasteiger partial charge is 0.495 e. The molecule has 1 aromatic carbocycles. The predicted octanol–water partition coefficient (Wildman–Crippen LogP) is 0.930. The van der Waals surface area contributed by atoms with Gasteiger partial charge in [-0.2, -0.15) is 8.42 Å². The normalized spacial score (nSPS) is 11.2. The number of nitrogens with two attached hydrogens (primary N) is 1. The van der Waals surface area contributed by atoms with Crippen molar-refractivity contribution < 1.29 is 13.2 Å². The van der Waals surface area contributed by atoms with Gasteiger partial charge in [-0.25, -0.2) is 0 Å². The van der Waals surface area contributed by atoms with E-state index in [2.05, 4.69) is 14.9 Å². The molecule has 0 aliphatic rings. The van der Waals surface area contributed by atoms with Gasteiger partial charge in [0.1, 0.15) is 5.75 Å². The molecule has 0 aliphatic heterocycles. The van der Waals surface area contributed by atoms with Crippen LogP contribution < -0.4 is 15.2 Å². The van der Waals surface area contributed by atoms with E-state index in [0.717, 1.165) is 11.3 Å². The van der Waals surface area contributed by atoms with Crippen LogP contribution in [0.3, 0.4) is 0 Å². The van der Waals surface area contributed by atoms with Crippen LogP contribution in [0.1, 0.15) is 0 Å². The summed E-state index contributed by atoms with van der Waals surface area (Å²) in [7, 11) is -2.34. The Hall–Kier alpha value is -1.87. The van der Waals surface area contributed by atoms with E-state index in [0.29, 0.717) is 11.4 Å². The fraction of sp³-hybridized carbons (Fsp3) is 0.111. The Bertz CT molecular complexity index is 653. The van der Waals surface area contributed by atoms with Crippen LogP contribution in [0, 0.1) is 0 Å². The number of sulfonamides is 1. The molecule has 0 amide bonds. The van der Waals surface area contributed by atoms with Crippen molar-refractivity contribution in [1.29, 1.82) is 0 Å². The van der Waals surface area contributed by atoms with E-state index in [1.54, 1.807) is 24.3 Å². The lowest BCUT2D eigenvalue weighted by molar-refractivity contribution is 0.417. The van der Waals surface area contributed by atoms with E-state index in [-0.39, 0.29) is 9.47 Å². The zero-order valence-corrected chi connectivity index (χ0v) is 11.0. The monoisotopic (exact) mass is 286 g/mol. The second-order valence-corrected chi connectivity index (χ2v) is 6.08. The number of nitrogen functional groups attached to an aromatic ring is 1. The number of hydrogen-bond donors (Lipinski definition) is 2. The molecule has 0 saturated carbocycles. The molecule has 0 atom stereocenters. The van der Waals surface area contributed by atoms with Gasteiger partial charge in [0.2, 0.25) is 5.13 Å². The molecule has 0 aliphatic carbocycles. The molecule has 18 heavy (non-hydrogen) atoms. The highest BCUT2D eigenvalue weighted by molar-refractivity contribution is 7.94. The first-order valence-corrected chi connectivity index (χ1v) is 7.08. The van der Waals surface area contributed by atoms with Crippen LogP contribution in [-0.4, -0.2) is 25.7 Å². The van der Waals surface area contributed by atoms with E-state index < -0.39 is 10.0 Å². The second-order valence-electron chi connectivity index (χ2n) is 3.21. The maximum Gasteiger partial charge on any atom is 0.291 e. The predicted molar refractivity (Wildman–Crippen MR) is 68.1 cm³/mol. The summed E-state index contributed by atoms with van der Waals surface area (Å²) in [6, 6.07) is 6.65. The molecule has 2 aromatic rings. The number of rotatable bonds is 4. The Labute approximate surface area is 108 Å². The first-order valence-electron chi connectivity index (χ1n) is 4.78. The quantitative estimate of drug-likeness (QED) is 0.865. The van der Waals surface area contributed by atoms with Crippen molar-refractivity contribution in [3.8, 4) is 5.75 Å². The average molecular weight is 286 g/mol. The van der Waals surface area contributed by atoms with Crippen LogP contribution in [-0.2, 0) is 10.0 Å². The summed E-state index contributed by atoms with van der Waals surface area (Å²) >= 11 is 0.792. The number of ether oxygens (including phenoxy) is 1. The minimum absolute atomic E-state index is 0.0930. The van der Waals surface area contributed by atoms with E-state index in [9.17, 15) is 8.42 Å². The van der Waals surface area contributed by atoms with Gasteiger partial charge in [-0.05, 0) is 12.1 Å². The van der Waals surface area contributed by atoms with Crippen molar-refractivity contribution in [2.75, 3.05) is 17.6 Å². The van der Waals surface area contributed by atoms with Crippen molar-refractivity contribution in [3.05, 3.63) is 24.3 Å². The fourth-order valence-electron chi connectivity index (χ4n) is 1.25. The maximum absolute atomic E-state index is 12.0. The van der Waals surface area contributed by atoms with E-state index in [1.807, 2.05) is 0 Å². The van der Waals surface area contributed by atoms with Crippen molar-refractivity contribution in [2.24, 2.45) is 0 Å². The van der Waals surface area contributed by atoms with Crippen LogP contribution in [0.5, 0.6) is 5.75 Å². The number of nitrogens with zero attached hydrogens (tertiary/aromatic N) is 2. The Kier molecular flexibility index (Phi) is 3.34. The molecule has 0 radical (unpaired) electrons. The Morgan fingerprint density at radius 2 is 2.06 bits per heavy atom. The summed E-state index contributed by atoms with van der Waals surface area (Å²) < 4.78 is 31.2. The number of methoxy groups -OCH3 is 1. The molecule has 2 rings (SSSR count).